The van der Waals surface area contributed by atoms with Gasteiger partial charge in [-0.1, -0.05) is 73.0 Å². The Kier molecular flexibility index (Phi) is 6.82. The molecule has 0 N–H and O–H groups in total. The zero-order chi connectivity index (χ0) is 15.3. The molecular formula is C20H38. The van der Waals surface area contributed by atoms with Gasteiger partial charge in [-0.25, -0.2) is 0 Å². The maximum absolute atomic E-state index is 4.55. The number of hydrogen-bond donors (Lipinski definition) is 0. The van der Waals surface area contributed by atoms with Crippen molar-refractivity contribution in [3.63, 3.8) is 0 Å². The second-order valence-electron chi connectivity index (χ2n) is 7.70. The first-order valence-electron chi connectivity index (χ1n) is 9.09. The van der Waals surface area contributed by atoms with Crippen LogP contribution < -0.4 is 0 Å². The van der Waals surface area contributed by atoms with E-state index in [2.05, 4.69) is 48.1 Å². The minimum absolute atomic E-state index is 0.491. The summed E-state index contributed by atoms with van der Waals surface area (Å²) >= 11 is 0. The molecule has 0 heteroatoms. The van der Waals surface area contributed by atoms with Crippen LogP contribution in [-0.2, 0) is 0 Å². The molecule has 20 heavy (non-hydrogen) atoms. The van der Waals surface area contributed by atoms with E-state index in [1.54, 1.807) is 5.57 Å². The molecule has 1 fully saturated rings. The van der Waals surface area contributed by atoms with E-state index in [1.807, 2.05) is 0 Å². The van der Waals surface area contributed by atoms with Crippen molar-refractivity contribution in [1.82, 2.24) is 0 Å². The molecule has 2 unspecified atom stereocenters. The van der Waals surface area contributed by atoms with Crippen molar-refractivity contribution < 1.29 is 0 Å². The Morgan fingerprint density at radius 2 is 1.70 bits per heavy atom. The fourth-order valence-electron chi connectivity index (χ4n) is 4.31. The summed E-state index contributed by atoms with van der Waals surface area (Å²) in [5, 5.41) is 0. The molecule has 0 aliphatic heterocycles. The first-order valence-corrected chi connectivity index (χ1v) is 9.09. The Balaban J connectivity index is 2.62. The minimum Gasteiger partial charge on any atom is -0.0993 e. The third-order valence-electron chi connectivity index (χ3n) is 6.43. The van der Waals surface area contributed by atoms with Gasteiger partial charge in [0.1, 0.15) is 0 Å². The van der Waals surface area contributed by atoms with Gasteiger partial charge in [-0.05, 0) is 54.8 Å². The van der Waals surface area contributed by atoms with Crippen LogP contribution in [0.5, 0.6) is 0 Å². The minimum atomic E-state index is 0.491. The summed E-state index contributed by atoms with van der Waals surface area (Å²) in [6.45, 7) is 18.8. The fraction of sp³-hybridized carbons (Fsp3) is 0.900. The lowest BCUT2D eigenvalue weighted by molar-refractivity contribution is 0.0285. The topological polar surface area (TPSA) is 0 Å². The van der Waals surface area contributed by atoms with Gasteiger partial charge in [0, 0.05) is 0 Å². The van der Waals surface area contributed by atoms with Crippen molar-refractivity contribution in [3.05, 3.63) is 12.2 Å². The normalized spacial score (nSPS) is 29.1. The lowest BCUT2D eigenvalue weighted by Gasteiger charge is -2.53. The highest BCUT2D eigenvalue weighted by Crippen LogP contribution is 2.58. The van der Waals surface area contributed by atoms with E-state index in [-0.39, 0.29) is 0 Å². The van der Waals surface area contributed by atoms with Crippen molar-refractivity contribution in [2.75, 3.05) is 0 Å². The van der Waals surface area contributed by atoms with Crippen molar-refractivity contribution in [3.8, 4) is 0 Å². The average Bonchev–Trinajstić information content (AvgIpc) is 2.37. The van der Waals surface area contributed by atoms with Crippen LogP contribution in [0.1, 0.15) is 86.5 Å². The quantitative estimate of drug-likeness (QED) is 0.404. The van der Waals surface area contributed by atoms with E-state index in [0.717, 1.165) is 23.7 Å². The Labute approximate surface area is 128 Å². The molecular weight excluding hydrogens is 240 g/mol. The second-order valence-corrected chi connectivity index (χ2v) is 7.70. The molecule has 0 spiro atoms. The first-order chi connectivity index (χ1) is 9.41. The SMILES string of the molecule is C=C(CCC(CC)C(C)C)C1(C(C)CC)CC(CC)C1. The Bertz CT molecular complexity index is 293. The summed E-state index contributed by atoms with van der Waals surface area (Å²) < 4.78 is 0. The zero-order valence-electron chi connectivity index (χ0n) is 15.0. The van der Waals surface area contributed by atoms with Crippen molar-refractivity contribution in [1.29, 1.82) is 0 Å². The van der Waals surface area contributed by atoms with Gasteiger partial charge in [0.25, 0.3) is 0 Å². The van der Waals surface area contributed by atoms with Crippen LogP contribution in [0.3, 0.4) is 0 Å². The highest BCUT2D eigenvalue weighted by atomic mass is 14.5. The van der Waals surface area contributed by atoms with Crippen LogP contribution in [0.25, 0.3) is 0 Å². The first kappa shape index (κ1) is 17.8. The fourth-order valence-corrected chi connectivity index (χ4v) is 4.31. The van der Waals surface area contributed by atoms with Gasteiger partial charge in [-0.15, -0.1) is 0 Å². The number of allylic oxidation sites excluding steroid dienone is 1. The molecule has 0 amide bonds. The van der Waals surface area contributed by atoms with E-state index < -0.39 is 0 Å². The molecule has 0 aromatic carbocycles. The van der Waals surface area contributed by atoms with Gasteiger partial charge in [0.05, 0.1) is 0 Å². The zero-order valence-corrected chi connectivity index (χ0v) is 15.0. The smallest absolute Gasteiger partial charge is 0.00600 e. The molecule has 0 aromatic rings. The molecule has 118 valence electrons. The van der Waals surface area contributed by atoms with Crippen LogP contribution in [0, 0.1) is 29.1 Å². The molecule has 0 nitrogen and oxygen atoms in total. The Hall–Kier alpha value is -0.260. The Morgan fingerprint density at radius 3 is 2.10 bits per heavy atom. The number of hydrogen-bond acceptors (Lipinski definition) is 0. The van der Waals surface area contributed by atoms with Gasteiger partial charge >= 0.3 is 0 Å². The van der Waals surface area contributed by atoms with Crippen LogP contribution in [-0.4, -0.2) is 0 Å². The van der Waals surface area contributed by atoms with Crippen LogP contribution in [0.4, 0.5) is 0 Å². The predicted octanol–water partition coefficient (Wildman–Crippen LogP) is 6.86. The van der Waals surface area contributed by atoms with Gasteiger partial charge in [-0.3, -0.25) is 0 Å². The number of rotatable bonds is 9. The van der Waals surface area contributed by atoms with E-state index in [1.165, 1.54) is 44.9 Å². The summed E-state index contributed by atoms with van der Waals surface area (Å²) in [5.74, 6) is 3.48. The maximum atomic E-state index is 4.55. The van der Waals surface area contributed by atoms with Gasteiger partial charge in [0.15, 0.2) is 0 Å². The highest BCUT2D eigenvalue weighted by Gasteiger charge is 2.47. The van der Waals surface area contributed by atoms with Gasteiger partial charge in [-0.2, -0.15) is 0 Å². The molecule has 0 heterocycles. The summed E-state index contributed by atoms with van der Waals surface area (Å²) in [4.78, 5) is 0. The van der Waals surface area contributed by atoms with Crippen LogP contribution >= 0.6 is 0 Å². The standard InChI is InChI=1S/C20H38/c1-8-16(6)20(13-18(9-2)14-20)17(7)11-12-19(10-3)15(4)5/h15-16,18-19H,7-14H2,1-6H3. The molecule has 0 bridgehead atoms. The summed E-state index contributed by atoms with van der Waals surface area (Å²) in [6, 6.07) is 0. The van der Waals surface area contributed by atoms with Crippen molar-refractivity contribution in [2.24, 2.45) is 29.1 Å². The van der Waals surface area contributed by atoms with E-state index in [0.29, 0.717) is 5.41 Å². The monoisotopic (exact) mass is 278 g/mol. The van der Waals surface area contributed by atoms with Crippen LogP contribution in [0.15, 0.2) is 12.2 Å². The van der Waals surface area contributed by atoms with E-state index >= 15 is 0 Å². The van der Waals surface area contributed by atoms with E-state index in [4.69, 9.17) is 0 Å². The Morgan fingerprint density at radius 1 is 1.10 bits per heavy atom. The molecule has 2 atom stereocenters. The van der Waals surface area contributed by atoms with Crippen molar-refractivity contribution >= 4 is 0 Å². The summed E-state index contributed by atoms with van der Waals surface area (Å²) in [6.07, 6.45) is 9.41. The molecule has 0 aromatic heterocycles. The molecule has 1 aliphatic carbocycles. The summed E-state index contributed by atoms with van der Waals surface area (Å²) in [5.41, 5.74) is 2.07. The highest BCUT2D eigenvalue weighted by molar-refractivity contribution is 5.18. The van der Waals surface area contributed by atoms with Gasteiger partial charge in [0.2, 0.25) is 0 Å². The molecule has 1 aliphatic rings. The van der Waals surface area contributed by atoms with Crippen molar-refractivity contribution in [2.45, 2.75) is 86.5 Å². The van der Waals surface area contributed by atoms with Gasteiger partial charge < -0.3 is 0 Å². The maximum Gasteiger partial charge on any atom is -0.00600 e. The lowest BCUT2D eigenvalue weighted by Crippen LogP contribution is -2.43. The second kappa shape index (κ2) is 7.66. The predicted molar refractivity (Wildman–Crippen MR) is 91.9 cm³/mol. The molecule has 0 radical (unpaired) electrons. The third-order valence-corrected chi connectivity index (χ3v) is 6.43. The van der Waals surface area contributed by atoms with Crippen LogP contribution in [0.2, 0.25) is 0 Å². The lowest BCUT2D eigenvalue weighted by atomic mass is 9.51. The average molecular weight is 279 g/mol. The summed E-state index contributed by atoms with van der Waals surface area (Å²) in [7, 11) is 0. The molecule has 1 saturated carbocycles. The largest absolute Gasteiger partial charge is 0.0993 e. The molecule has 1 rings (SSSR count). The third kappa shape index (κ3) is 3.68. The van der Waals surface area contributed by atoms with E-state index in [9.17, 15) is 0 Å². The molecule has 0 saturated heterocycles.